The molecule has 0 heterocycles. The van der Waals surface area contributed by atoms with Crippen molar-refractivity contribution in [1.82, 2.24) is 5.32 Å². The van der Waals surface area contributed by atoms with Gasteiger partial charge in [-0.2, -0.15) is 11.8 Å². The number of thioether (sulfide) groups is 1. The Morgan fingerprint density at radius 3 is 2.45 bits per heavy atom. The van der Waals surface area contributed by atoms with E-state index in [2.05, 4.69) is 30.9 Å². The van der Waals surface area contributed by atoms with Crippen LogP contribution in [0.4, 0.5) is 0 Å². The topological polar surface area (TPSA) is 12.0 Å². The summed E-state index contributed by atoms with van der Waals surface area (Å²) < 4.78 is 0. The Kier molecular flexibility index (Phi) is 7.80. The first kappa shape index (κ1) is 16.7. The molecule has 20 heavy (non-hydrogen) atoms. The number of hydrogen-bond acceptors (Lipinski definition) is 2. The first-order valence-corrected chi connectivity index (χ1v) is 10.2. The number of hydrogen-bond donors (Lipinski definition) is 1. The van der Waals surface area contributed by atoms with Crippen LogP contribution in [0.25, 0.3) is 0 Å². The lowest BCUT2D eigenvalue weighted by molar-refractivity contribution is 0.286. The third-order valence-electron chi connectivity index (χ3n) is 5.17. The molecule has 1 nitrogen and oxygen atoms in total. The van der Waals surface area contributed by atoms with E-state index in [1.54, 1.807) is 0 Å². The van der Waals surface area contributed by atoms with E-state index >= 15 is 0 Å². The second kappa shape index (κ2) is 9.35. The van der Waals surface area contributed by atoms with Crippen LogP contribution in [0, 0.1) is 5.92 Å². The molecule has 2 saturated carbocycles. The van der Waals surface area contributed by atoms with Crippen LogP contribution in [0.15, 0.2) is 0 Å². The zero-order valence-corrected chi connectivity index (χ0v) is 14.5. The fourth-order valence-electron chi connectivity index (χ4n) is 4.04. The molecule has 1 N–H and O–H groups in total. The van der Waals surface area contributed by atoms with Crippen molar-refractivity contribution in [2.45, 2.75) is 101 Å². The van der Waals surface area contributed by atoms with E-state index < -0.39 is 0 Å². The van der Waals surface area contributed by atoms with Gasteiger partial charge in [-0.15, -0.1) is 0 Å². The highest BCUT2D eigenvalue weighted by Gasteiger charge is 2.32. The molecule has 0 aromatic rings. The molecule has 2 fully saturated rings. The molecular formula is C18H35NS. The maximum atomic E-state index is 3.85. The van der Waals surface area contributed by atoms with Crippen molar-refractivity contribution in [3.63, 3.8) is 0 Å². The van der Waals surface area contributed by atoms with Crippen molar-refractivity contribution >= 4 is 11.8 Å². The second-order valence-electron chi connectivity index (χ2n) is 6.96. The van der Waals surface area contributed by atoms with Gasteiger partial charge in [-0.1, -0.05) is 46.0 Å². The van der Waals surface area contributed by atoms with Crippen LogP contribution in [0.3, 0.4) is 0 Å². The normalized spacial score (nSPS) is 32.4. The summed E-state index contributed by atoms with van der Waals surface area (Å²) in [5.74, 6) is 1.01. The van der Waals surface area contributed by atoms with Crippen LogP contribution in [0.1, 0.15) is 84.5 Å². The predicted molar refractivity (Wildman–Crippen MR) is 92.6 cm³/mol. The molecule has 2 heteroatoms. The van der Waals surface area contributed by atoms with Crippen molar-refractivity contribution < 1.29 is 0 Å². The number of nitrogens with one attached hydrogen (secondary N) is 1. The Morgan fingerprint density at radius 1 is 0.950 bits per heavy atom. The van der Waals surface area contributed by atoms with Crippen molar-refractivity contribution in [3.8, 4) is 0 Å². The van der Waals surface area contributed by atoms with E-state index in [0.29, 0.717) is 0 Å². The summed E-state index contributed by atoms with van der Waals surface area (Å²) in [4.78, 5) is 0. The van der Waals surface area contributed by atoms with Gasteiger partial charge in [-0.3, -0.25) is 0 Å². The fourth-order valence-corrected chi connectivity index (χ4v) is 5.95. The van der Waals surface area contributed by atoms with E-state index in [1.165, 1.54) is 77.2 Å². The van der Waals surface area contributed by atoms with Crippen LogP contribution in [-0.2, 0) is 0 Å². The Balaban J connectivity index is 1.86. The van der Waals surface area contributed by atoms with Crippen LogP contribution in [-0.4, -0.2) is 23.1 Å². The minimum Gasteiger partial charge on any atom is -0.313 e. The van der Waals surface area contributed by atoms with E-state index in [-0.39, 0.29) is 0 Å². The van der Waals surface area contributed by atoms with Crippen LogP contribution >= 0.6 is 11.8 Å². The quantitative estimate of drug-likeness (QED) is 0.676. The summed E-state index contributed by atoms with van der Waals surface area (Å²) in [7, 11) is 0. The molecule has 118 valence electrons. The molecule has 2 rings (SSSR count). The molecule has 0 aromatic heterocycles. The summed E-state index contributed by atoms with van der Waals surface area (Å²) in [6.45, 7) is 5.86. The van der Waals surface area contributed by atoms with Gasteiger partial charge in [-0.05, 0) is 51.0 Å². The summed E-state index contributed by atoms with van der Waals surface area (Å²) in [6, 6.07) is 0.801. The molecule has 3 unspecified atom stereocenters. The molecule has 0 aromatic carbocycles. The summed E-state index contributed by atoms with van der Waals surface area (Å²) >= 11 is 2.37. The maximum absolute atomic E-state index is 3.85. The molecule has 0 saturated heterocycles. The number of rotatable bonds is 7. The standard InChI is InChI=1S/C18H35NS/c1-3-8-15-11-12-17(19-13-4-2)18(14-15)20-16-9-6-5-7-10-16/h15-19H,3-14H2,1-2H3. The molecule has 0 aliphatic heterocycles. The van der Waals surface area contributed by atoms with Crippen molar-refractivity contribution in [2.24, 2.45) is 5.92 Å². The Bertz CT molecular complexity index is 250. The lowest BCUT2D eigenvalue weighted by atomic mass is 9.83. The first-order valence-electron chi connectivity index (χ1n) is 9.22. The average Bonchev–Trinajstić information content (AvgIpc) is 2.48. The highest BCUT2D eigenvalue weighted by atomic mass is 32.2. The molecule has 0 amide bonds. The monoisotopic (exact) mass is 297 g/mol. The maximum Gasteiger partial charge on any atom is 0.0206 e. The Labute approximate surface area is 131 Å². The zero-order chi connectivity index (χ0) is 14.2. The molecule has 0 radical (unpaired) electrons. The third kappa shape index (κ3) is 5.26. The summed E-state index contributed by atoms with van der Waals surface area (Å²) in [6.07, 6.45) is 15.9. The van der Waals surface area contributed by atoms with Gasteiger partial charge in [0.05, 0.1) is 0 Å². The zero-order valence-electron chi connectivity index (χ0n) is 13.7. The largest absolute Gasteiger partial charge is 0.313 e. The molecule has 2 aliphatic rings. The minimum absolute atomic E-state index is 0.801. The van der Waals surface area contributed by atoms with Gasteiger partial charge in [0.2, 0.25) is 0 Å². The van der Waals surface area contributed by atoms with E-state index in [9.17, 15) is 0 Å². The lowest BCUT2D eigenvalue weighted by Gasteiger charge is -2.39. The van der Waals surface area contributed by atoms with E-state index in [1.807, 2.05) is 0 Å². The highest BCUT2D eigenvalue weighted by molar-refractivity contribution is 8.00. The third-order valence-corrected chi connectivity index (χ3v) is 6.90. The Hall–Kier alpha value is 0.310. The molecule has 2 aliphatic carbocycles. The van der Waals surface area contributed by atoms with E-state index in [4.69, 9.17) is 0 Å². The lowest BCUT2D eigenvalue weighted by Crippen LogP contribution is -2.43. The smallest absolute Gasteiger partial charge is 0.0206 e. The Morgan fingerprint density at radius 2 is 1.75 bits per heavy atom. The van der Waals surface area contributed by atoms with Gasteiger partial charge in [0.15, 0.2) is 0 Å². The van der Waals surface area contributed by atoms with Crippen molar-refractivity contribution in [3.05, 3.63) is 0 Å². The fraction of sp³-hybridized carbons (Fsp3) is 1.00. The van der Waals surface area contributed by atoms with Gasteiger partial charge in [-0.25, -0.2) is 0 Å². The summed E-state index contributed by atoms with van der Waals surface area (Å²) in [5.41, 5.74) is 0. The van der Waals surface area contributed by atoms with Crippen LogP contribution < -0.4 is 5.32 Å². The second-order valence-corrected chi connectivity index (χ2v) is 8.51. The van der Waals surface area contributed by atoms with Crippen molar-refractivity contribution in [2.75, 3.05) is 6.54 Å². The van der Waals surface area contributed by atoms with Gasteiger partial charge < -0.3 is 5.32 Å². The first-order chi connectivity index (χ1) is 9.83. The minimum atomic E-state index is 0.801. The molecule has 0 spiro atoms. The van der Waals surface area contributed by atoms with Gasteiger partial charge in [0.25, 0.3) is 0 Å². The SMILES string of the molecule is CCCNC1CCC(CCC)CC1SC1CCCCC1. The molecule has 0 bridgehead atoms. The van der Waals surface area contributed by atoms with E-state index in [0.717, 1.165) is 22.5 Å². The molecular weight excluding hydrogens is 262 g/mol. The predicted octanol–water partition coefficient (Wildman–Crippen LogP) is 5.39. The van der Waals surface area contributed by atoms with Gasteiger partial charge in [0, 0.05) is 16.5 Å². The average molecular weight is 298 g/mol. The van der Waals surface area contributed by atoms with Crippen LogP contribution in [0.2, 0.25) is 0 Å². The molecule has 3 atom stereocenters. The highest BCUT2D eigenvalue weighted by Crippen LogP contribution is 2.40. The summed E-state index contributed by atoms with van der Waals surface area (Å²) in [5, 5.41) is 5.72. The van der Waals surface area contributed by atoms with Crippen molar-refractivity contribution in [1.29, 1.82) is 0 Å². The van der Waals surface area contributed by atoms with Gasteiger partial charge in [0.1, 0.15) is 0 Å². The van der Waals surface area contributed by atoms with Gasteiger partial charge >= 0.3 is 0 Å². The van der Waals surface area contributed by atoms with Crippen LogP contribution in [0.5, 0.6) is 0 Å².